The summed E-state index contributed by atoms with van der Waals surface area (Å²) in [7, 11) is -4.72. The molecule has 1 aromatic rings. The Morgan fingerprint density at radius 1 is 1.29 bits per heavy atom. The number of carbonyl (C=O) groups excluding carboxylic acids is 1. The standard InChI is InChI=1S/C7H6O5S.Na.H/c8-7(12-13(9,10)11)6-4-2-1-3-5-6;;/h1-5H,(H,9,10,11);;/q;+1;-1. The molecular formula is C7H7NaO5S. The fourth-order valence-electron chi connectivity index (χ4n) is 0.718. The van der Waals surface area contributed by atoms with E-state index in [1.807, 2.05) is 0 Å². The minimum Gasteiger partial charge on any atom is -1.00 e. The smallest absolute Gasteiger partial charge is 1.00 e. The zero-order chi connectivity index (χ0) is 9.90. The van der Waals surface area contributed by atoms with Crippen LogP contribution in [-0.4, -0.2) is 18.9 Å². The third kappa shape index (κ3) is 4.73. The second-order valence-corrected chi connectivity index (χ2v) is 3.19. The fourth-order valence-corrected chi connectivity index (χ4v) is 1.01. The Hall–Kier alpha value is -0.400. The van der Waals surface area contributed by atoms with Crippen LogP contribution in [0, 0.1) is 0 Å². The average molecular weight is 226 g/mol. The normalized spacial score (nSPS) is 10.1. The van der Waals surface area contributed by atoms with Crippen molar-refractivity contribution < 1.29 is 52.9 Å². The zero-order valence-corrected chi connectivity index (χ0v) is 10.2. The topological polar surface area (TPSA) is 80.7 Å². The minimum atomic E-state index is -4.72. The number of carbonyl (C=O) groups is 1. The molecule has 1 rings (SSSR count). The molecule has 1 N–H and O–H groups in total. The molecule has 0 aliphatic rings. The molecule has 0 heterocycles. The van der Waals surface area contributed by atoms with Gasteiger partial charge in [-0.2, -0.15) is 8.42 Å². The van der Waals surface area contributed by atoms with Gasteiger partial charge >= 0.3 is 45.9 Å². The van der Waals surface area contributed by atoms with Gasteiger partial charge in [0.2, 0.25) is 0 Å². The maximum atomic E-state index is 10.9. The Balaban J connectivity index is 0. The first-order chi connectivity index (χ1) is 5.99. The molecule has 0 saturated carbocycles. The van der Waals surface area contributed by atoms with Crippen LogP contribution in [0.5, 0.6) is 0 Å². The SMILES string of the molecule is O=C(OS(=O)(=O)O)c1ccccc1.[H-].[Na+]. The van der Waals surface area contributed by atoms with Gasteiger partial charge in [0, 0.05) is 0 Å². The van der Waals surface area contributed by atoms with Gasteiger partial charge in [0.1, 0.15) is 0 Å². The summed E-state index contributed by atoms with van der Waals surface area (Å²) in [5.41, 5.74) is 0.0557. The van der Waals surface area contributed by atoms with Gasteiger partial charge in [-0.05, 0) is 12.1 Å². The second-order valence-electron chi connectivity index (χ2n) is 2.16. The first-order valence-corrected chi connectivity index (χ1v) is 4.62. The van der Waals surface area contributed by atoms with Crippen LogP contribution in [0.2, 0.25) is 0 Å². The quantitative estimate of drug-likeness (QED) is 0.455. The van der Waals surface area contributed by atoms with Crippen LogP contribution in [0.15, 0.2) is 30.3 Å². The monoisotopic (exact) mass is 226 g/mol. The van der Waals surface area contributed by atoms with Gasteiger partial charge in [-0.1, -0.05) is 18.2 Å². The van der Waals surface area contributed by atoms with Crippen LogP contribution in [-0.2, 0) is 14.6 Å². The van der Waals surface area contributed by atoms with E-state index in [1.165, 1.54) is 12.1 Å². The van der Waals surface area contributed by atoms with Crippen molar-refractivity contribution in [3.63, 3.8) is 0 Å². The Labute approximate surface area is 105 Å². The number of rotatable bonds is 2. The summed E-state index contributed by atoms with van der Waals surface area (Å²) in [6, 6.07) is 7.48. The van der Waals surface area contributed by atoms with Crippen molar-refractivity contribution >= 4 is 16.4 Å². The molecule has 0 bridgehead atoms. The van der Waals surface area contributed by atoms with E-state index in [2.05, 4.69) is 4.18 Å². The summed E-state index contributed by atoms with van der Waals surface area (Å²) in [6.07, 6.45) is 0. The van der Waals surface area contributed by atoms with E-state index in [1.54, 1.807) is 18.2 Å². The van der Waals surface area contributed by atoms with Gasteiger partial charge in [-0.15, -0.1) is 0 Å². The molecule has 1 aromatic carbocycles. The zero-order valence-electron chi connectivity index (χ0n) is 8.38. The van der Waals surface area contributed by atoms with Crippen LogP contribution in [0.4, 0.5) is 0 Å². The summed E-state index contributed by atoms with van der Waals surface area (Å²) >= 11 is 0. The largest absolute Gasteiger partial charge is 1.00 e. The van der Waals surface area contributed by atoms with Crippen molar-refractivity contribution in [2.45, 2.75) is 0 Å². The molecule has 5 nitrogen and oxygen atoms in total. The molecule has 0 fully saturated rings. The van der Waals surface area contributed by atoms with Gasteiger partial charge in [-0.3, -0.25) is 4.55 Å². The van der Waals surface area contributed by atoms with Gasteiger partial charge in [0.25, 0.3) is 0 Å². The first-order valence-electron chi connectivity index (χ1n) is 3.25. The van der Waals surface area contributed by atoms with Crippen LogP contribution in [0.1, 0.15) is 11.8 Å². The van der Waals surface area contributed by atoms with Crippen molar-refractivity contribution in [2.24, 2.45) is 0 Å². The number of benzene rings is 1. The molecular weight excluding hydrogens is 219 g/mol. The molecule has 0 radical (unpaired) electrons. The molecule has 0 aliphatic carbocycles. The van der Waals surface area contributed by atoms with Crippen LogP contribution < -0.4 is 29.6 Å². The van der Waals surface area contributed by atoms with Crippen LogP contribution in [0.25, 0.3) is 0 Å². The third-order valence-electron chi connectivity index (χ3n) is 1.19. The minimum absolute atomic E-state index is 0. The van der Waals surface area contributed by atoms with E-state index in [9.17, 15) is 13.2 Å². The third-order valence-corrected chi connectivity index (χ3v) is 1.55. The van der Waals surface area contributed by atoms with Crippen LogP contribution in [0.3, 0.4) is 0 Å². The van der Waals surface area contributed by atoms with E-state index < -0.39 is 16.4 Å². The predicted octanol–water partition coefficient (Wildman–Crippen LogP) is -2.24. The summed E-state index contributed by atoms with van der Waals surface area (Å²) in [5, 5.41) is 0. The molecule has 14 heavy (non-hydrogen) atoms. The summed E-state index contributed by atoms with van der Waals surface area (Å²) in [4.78, 5) is 10.9. The molecule has 72 valence electrons. The average Bonchev–Trinajstić information content (AvgIpc) is 2.03. The molecule has 0 saturated heterocycles. The van der Waals surface area contributed by atoms with E-state index >= 15 is 0 Å². The molecule has 0 aliphatic heterocycles. The molecule has 0 spiro atoms. The Morgan fingerprint density at radius 2 is 1.79 bits per heavy atom. The van der Waals surface area contributed by atoms with E-state index in [4.69, 9.17) is 4.55 Å². The second kappa shape index (κ2) is 5.47. The fraction of sp³-hybridized carbons (Fsp3) is 0. The molecule has 0 unspecified atom stereocenters. The summed E-state index contributed by atoms with van der Waals surface area (Å²) < 4.78 is 32.1. The maximum Gasteiger partial charge on any atom is 1.00 e. The maximum absolute atomic E-state index is 10.9. The van der Waals surface area contributed by atoms with E-state index in [-0.39, 0.29) is 36.5 Å². The van der Waals surface area contributed by atoms with Crippen molar-refractivity contribution in [3.05, 3.63) is 35.9 Å². The molecule has 0 aromatic heterocycles. The van der Waals surface area contributed by atoms with E-state index in [0.29, 0.717) is 0 Å². The Kier molecular flexibility index (Phi) is 5.32. The van der Waals surface area contributed by atoms with Crippen molar-refractivity contribution in [1.82, 2.24) is 0 Å². The number of hydrogen-bond donors (Lipinski definition) is 1. The Morgan fingerprint density at radius 3 is 2.21 bits per heavy atom. The van der Waals surface area contributed by atoms with Gasteiger partial charge < -0.3 is 5.61 Å². The predicted molar refractivity (Wildman–Crippen MR) is 44.5 cm³/mol. The van der Waals surface area contributed by atoms with Gasteiger partial charge in [0.05, 0.1) is 5.56 Å². The van der Waals surface area contributed by atoms with Crippen LogP contribution >= 0.6 is 0 Å². The van der Waals surface area contributed by atoms with Crippen molar-refractivity contribution in [1.29, 1.82) is 0 Å². The summed E-state index contributed by atoms with van der Waals surface area (Å²) in [6.45, 7) is 0. The first kappa shape index (κ1) is 13.6. The molecule has 0 amide bonds. The van der Waals surface area contributed by atoms with Crippen molar-refractivity contribution in [2.75, 3.05) is 0 Å². The molecule has 7 heteroatoms. The Bertz CT molecular complexity index is 405. The van der Waals surface area contributed by atoms with Gasteiger partial charge in [0.15, 0.2) is 0 Å². The van der Waals surface area contributed by atoms with E-state index in [0.717, 1.165) is 0 Å². The van der Waals surface area contributed by atoms with Gasteiger partial charge in [-0.25, -0.2) is 4.79 Å². The van der Waals surface area contributed by atoms with Crippen molar-refractivity contribution in [3.8, 4) is 0 Å². The molecule has 0 atom stereocenters. The summed E-state index contributed by atoms with van der Waals surface area (Å²) in [5.74, 6) is -1.11. The number of hydrogen-bond acceptors (Lipinski definition) is 4.